The average Bonchev–Trinajstić information content (AvgIpc) is 2.75. The van der Waals surface area contributed by atoms with Crippen LogP contribution >= 0.6 is 0 Å². The molecule has 1 rings (SSSR count). The average molecular weight is 249 g/mol. The van der Waals surface area contributed by atoms with E-state index in [0.717, 1.165) is 12.8 Å². The molecule has 1 aromatic rings. The highest BCUT2D eigenvalue weighted by Gasteiger charge is 2.40. The lowest BCUT2D eigenvalue weighted by Crippen LogP contribution is -2.46. The molecule has 1 aromatic heterocycles. The van der Waals surface area contributed by atoms with E-state index in [4.69, 9.17) is 0 Å². The van der Waals surface area contributed by atoms with Gasteiger partial charge in [-0.15, -0.1) is 11.8 Å². The number of rotatable bonds is 4. The summed E-state index contributed by atoms with van der Waals surface area (Å²) in [5.41, 5.74) is -1.17. The molecule has 0 radical (unpaired) electrons. The van der Waals surface area contributed by atoms with Crippen molar-refractivity contribution in [1.29, 1.82) is 0 Å². The van der Waals surface area contributed by atoms with Crippen LogP contribution in [0.3, 0.4) is 0 Å². The van der Waals surface area contributed by atoms with Crippen molar-refractivity contribution in [2.24, 2.45) is 5.41 Å². The number of aliphatic hydroxyl groups is 1. The van der Waals surface area contributed by atoms with Crippen molar-refractivity contribution in [3.63, 3.8) is 0 Å². The predicted octanol–water partition coefficient (Wildman–Crippen LogP) is 2.25. The Bertz CT molecular complexity index is 408. The van der Waals surface area contributed by atoms with Crippen molar-refractivity contribution < 1.29 is 5.11 Å². The molecule has 100 valence electrons. The van der Waals surface area contributed by atoms with Gasteiger partial charge in [0.1, 0.15) is 12.7 Å². The highest BCUT2D eigenvalue weighted by Crippen LogP contribution is 2.34. The minimum Gasteiger partial charge on any atom is -0.386 e. The van der Waals surface area contributed by atoms with E-state index in [0.29, 0.717) is 13.0 Å². The standard InChI is InChI=1S/C14H23N3O/c1-5-6-7-8-9-14(18,13(2,3)4)10-17-12-15-11-16-17/h11-12,18H,5-6,9-10H2,1-4H3. The number of hydrogen-bond acceptors (Lipinski definition) is 3. The second-order valence-corrected chi connectivity index (χ2v) is 5.65. The number of aromatic nitrogens is 3. The highest BCUT2D eigenvalue weighted by molar-refractivity contribution is 5.06. The van der Waals surface area contributed by atoms with Crippen molar-refractivity contribution in [2.45, 2.75) is 59.1 Å². The first-order chi connectivity index (χ1) is 8.39. The van der Waals surface area contributed by atoms with Crippen LogP contribution in [-0.4, -0.2) is 25.5 Å². The van der Waals surface area contributed by atoms with Crippen molar-refractivity contribution >= 4 is 0 Å². The van der Waals surface area contributed by atoms with E-state index in [2.05, 4.69) is 28.8 Å². The van der Waals surface area contributed by atoms with Gasteiger partial charge in [-0.1, -0.05) is 27.7 Å². The second-order valence-electron chi connectivity index (χ2n) is 5.65. The van der Waals surface area contributed by atoms with Gasteiger partial charge in [-0.3, -0.25) is 4.68 Å². The third-order valence-electron chi connectivity index (χ3n) is 3.17. The first-order valence-corrected chi connectivity index (χ1v) is 6.39. The van der Waals surface area contributed by atoms with Crippen molar-refractivity contribution in [1.82, 2.24) is 14.8 Å². The minimum absolute atomic E-state index is 0.264. The summed E-state index contributed by atoms with van der Waals surface area (Å²) in [5, 5.41) is 14.9. The van der Waals surface area contributed by atoms with E-state index in [1.807, 2.05) is 20.8 Å². The summed E-state index contributed by atoms with van der Waals surface area (Å²) in [7, 11) is 0. The first-order valence-electron chi connectivity index (χ1n) is 6.39. The molecule has 1 N–H and O–H groups in total. The molecule has 4 nitrogen and oxygen atoms in total. The summed E-state index contributed by atoms with van der Waals surface area (Å²) in [6, 6.07) is 0. The fraction of sp³-hybridized carbons (Fsp3) is 0.714. The Morgan fingerprint density at radius 2 is 2.00 bits per heavy atom. The molecule has 0 aromatic carbocycles. The van der Waals surface area contributed by atoms with Gasteiger partial charge < -0.3 is 5.11 Å². The number of nitrogens with zero attached hydrogens (tertiary/aromatic N) is 3. The van der Waals surface area contributed by atoms with Gasteiger partial charge in [0.05, 0.1) is 12.1 Å². The normalized spacial score (nSPS) is 14.7. The van der Waals surface area contributed by atoms with Crippen LogP contribution < -0.4 is 0 Å². The van der Waals surface area contributed by atoms with Gasteiger partial charge in [-0.25, -0.2) is 4.98 Å². The van der Waals surface area contributed by atoms with Gasteiger partial charge >= 0.3 is 0 Å². The lowest BCUT2D eigenvalue weighted by molar-refractivity contribution is -0.0692. The van der Waals surface area contributed by atoms with Crippen molar-refractivity contribution in [3.8, 4) is 11.8 Å². The molecule has 18 heavy (non-hydrogen) atoms. The SMILES string of the molecule is CCCC#CCC(O)(Cn1cncn1)C(C)(C)C. The van der Waals surface area contributed by atoms with Crippen molar-refractivity contribution in [2.75, 3.05) is 0 Å². The van der Waals surface area contributed by atoms with Crippen LogP contribution in [0, 0.1) is 17.3 Å². The molecule has 0 aliphatic heterocycles. The molecule has 1 unspecified atom stereocenters. The predicted molar refractivity (Wildman–Crippen MR) is 71.7 cm³/mol. The maximum atomic E-state index is 10.8. The summed E-state index contributed by atoms with van der Waals surface area (Å²) in [5.74, 6) is 6.17. The topological polar surface area (TPSA) is 50.9 Å². The summed E-state index contributed by atoms with van der Waals surface area (Å²) in [6.45, 7) is 8.57. The first kappa shape index (κ1) is 14.7. The minimum atomic E-state index is -0.901. The van der Waals surface area contributed by atoms with Crippen LogP contribution in [0.15, 0.2) is 12.7 Å². The van der Waals surface area contributed by atoms with E-state index >= 15 is 0 Å². The van der Waals surface area contributed by atoms with Gasteiger partial charge in [0.2, 0.25) is 0 Å². The second kappa shape index (κ2) is 6.01. The van der Waals surface area contributed by atoms with Crippen LogP contribution in [0.2, 0.25) is 0 Å². The molecule has 0 aliphatic carbocycles. The Balaban J connectivity index is 2.80. The summed E-state index contributed by atoms with van der Waals surface area (Å²) >= 11 is 0. The molecule has 0 bridgehead atoms. The van der Waals surface area contributed by atoms with E-state index < -0.39 is 5.60 Å². The lowest BCUT2D eigenvalue weighted by atomic mass is 9.74. The maximum Gasteiger partial charge on any atom is 0.137 e. The lowest BCUT2D eigenvalue weighted by Gasteiger charge is -2.38. The van der Waals surface area contributed by atoms with Gasteiger partial charge in [-0.05, 0) is 11.8 Å². The highest BCUT2D eigenvalue weighted by atomic mass is 16.3. The van der Waals surface area contributed by atoms with E-state index in [9.17, 15) is 5.11 Å². The molecule has 0 saturated heterocycles. The maximum absolute atomic E-state index is 10.8. The Kier molecular flexibility index (Phi) is 4.92. The van der Waals surface area contributed by atoms with Crippen molar-refractivity contribution in [3.05, 3.63) is 12.7 Å². The van der Waals surface area contributed by atoms with Crippen LogP contribution in [0.25, 0.3) is 0 Å². The largest absolute Gasteiger partial charge is 0.386 e. The fourth-order valence-electron chi connectivity index (χ4n) is 1.56. The fourth-order valence-corrected chi connectivity index (χ4v) is 1.56. The smallest absolute Gasteiger partial charge is 0.137 e. The molecule has 1 heterocycles. The molecule has 0 fully saturated rings. The Labute approximate surface area is 109 Å². The van der Waals surface area contributed by atoms with Gasteiger partial charge in [0, 0.05) is 12.8 Å². The molecule has 0 spiro atoms. The Morgan fingerprint density at radius 1 is 1.28 bits per heavy atom. The zero-order valence-corrected chi connectivity index (χ0v) is 11.8. The molecule has 0 aliphatic rings. The van der Waals surface area contributed by atoms with Crippen LogP contribution in [-0.2, 0) is 6.54 Å². The summed E-state index contributed by atoms with van der Waals surface area (Å²) in [6.07, 6.45) is 5.48. The Hall–Kier alpha value is -1.34. The third kappa shape index (κ3) is 3.85. The number of hydrogen-bond donors (Lipinski definition) is 1. The number of unbranched alkanes of at least 4 members (excludes halogenated alkanes) is 1. The molecule has 0 saturated carbocycles. The van der Waals surface area contributed by atoms with Crippen LogP contribution in [0.4, 0.5) is 0 Å². The van der Waals surface area contributed by atoms with E-state index in [-0.39, 0.29) is 5.41 Å². The third-order valence-corrected chi connectivity index (χ3v) is 3.17. The molecule has 1 atom stereocenters. The Morgan fingerprint density at radius 3 is 2.50 bits per heavy atom. The monoisotopic (exact) mass is 249 g/mol. The molecular formula is C14H23N3O. The summed E-state index contributed by atoms with van der Waals surface area (Å²) < 4.78 is 1.66. The summed E-state index contributed by atoms with van der Waals surface area (Å²) in [4.78, 5) is 3.90. The van der Waals surface area contributed by atoms with E-state index in [1.54, 1.807) is 11.0 Å². The quantitative estimate of drug-likeness (QED) is 0.833. The van der Waals surface area contributed by atoms with Gasteiger partial charge in [-0.2, -0.15) is 5.10 Å². The zero-order valence-electron chi connectivity index (χ0n) is 11.8. The van der Waals surface area contributed by atoms with Crippen LogP contribution in [0.1, 0.15) is 47.0 Å². The van der Waals surface area contributed by atoms with Gasteiger partial charge in [0.15, 0.2) is 0 Å². The molecule has 0 amide bonds. The van der Waals surface area contributed by atoms with E-state index in [1.165, 1.54) is 6.33 Å². The zero-order chi connectivity index (χ0) is 13.6. The van der Waals surface area contributed by atoms with Crippen LogP contribution in [0.5, 0.6) is 0 Å². The molecular weight excluding hydrogens is 226 g/mol. The molecule has 4 heteroatoms. The van der Waals surface area contributed by atoms with Gasteiger partial charge in [0.25, 0.3) is 0 Å².